The van der Waals surface area contributed by atoms with E-state index in [-0.39, 0.29) is 6.04 Å². The van der Waals surface area contributed by atoms with Crippen LogP contribution in [0.4, 0.5) is 8.78 Å². The SMILES string of the molecule is NNC(Cc1ccc(F)cc1F)c1ccc(I)c(Cl)c1. The van der Waals surface area contributed by atoms with Crippen LogP contribution in [-0.2, 0) is 6.42 Å². The van der Waals surface area contributed by atoms with Crippen LogP contribution in [0.3, 0.4) is 0 Å². The largest absolute Gasteiger partial charge is 0.271 e. The second kappa shape index (κ2) is 6.80. The van der Waals surface area contributed by atoms with Crippen molar-refractivity contribution in [2.24, 2.45) is 5.84 Å². The molecule has 6 heteroatoms. The second-order valence-corrected chi connectivity index (χ2v) is 5.90. The number of rotatable bonds is 4. The standard InChI is InChI=1S/C14H12ClF2IN2/c15-11-5-9(2-4-13(11)18)14(20-19)6-8-1-3-10(16)7-12(8)17/h1-5,7,14,20H,6,19H2. The molecule has 1 atom stereocenters. The first kappa shape index (κ1) is 15.6. The van der Waals surface area contributed by atoms with Crippen LogP contribution in [0.25, 0.3) is 0 Å². The third kappa shape index (κ3) is 3.66. The molecule has 0 fully saturated rings. The number of hydrogen-bond donors (Lipinski definition) is 2. The fraction of sp³-hybridized carbons (Fsp3) is 0.143. The molecule has 106 valence electrons. The fourth-order valence-corrected chi connectivity index (χ4v) is 2.43. The molecule has 20 heavy (non-hydrogen) atoms. The summed E-state index contributed by atoms with van der Waals surface area (Å²) < 4.78 is 27.5. The molecule has 0 aliphatic carbocycles. The minimum absolute atomic E-state index is 0.301. The van der Waals surface area contributed by atoms with Crippen LogP contribution in [0.2, 0.25) is 5.02 Å². The van der Waals surface area contributed by atoms with Crippen molar-refractivity contribution in [3.63, 3.8) is 0 Å². The van der Waals surface area contributed by atoms with Crippen molar-refractivity contribution in [2.45, 2.75) is 12.5 Å². The topological polar surface area (TPSA) is 38.0 Å². The van der Waals surface area contributed by atoms with E-state index in [4.69, 9.17) is 17.4 Å². The fourth-order valence-electron chi connectivity index (χ4n) is 1.91. The number of benzene rings is 2. The minimum atomic E-state index is -0.596. The summed E-state index contributed by atoms with van der Waals surface area (Å²) in [6.07, 6.45) is 0.305. The first-order valence-corrected chi connectivity index (χ1v) is 7.32. The number of halogens is 4. The molecule has 2 aromatic carbocycles. The summed E-state index contributed by atoms with van der Waals surface area (Å²) in [6, 6.07) is 8.74. The van der Waals surface area contributed by atoms with Crippen LogP contribution in [0.5, 0.6) is 0 Å². The molecular weight excluding hydrogens is 397 g/mol. The van der Waals surface area contributed by atoms with E-state index in [0.717, 1.165) is 15.2 Å². The van der Waals surface area contributed by atoms with Gasteiger partial charge >= 0.3 is 0 Å². The highest BCUT2D eigenvalue weighted by Crippen LogP contribution is 2.25. The summed E-state index contributed by atoms with van der Waals surface area (Å²) in [5, 5.41) is 0.614. The Morgan fingerprint density at radius 2 is 1.95 bits per heavy atom. The summed E-state index contributed by atoms with van der Waals surface area (Å²) in [4.78, 5) is 0. The number of nitrogens with two attached hydrogens (primary N) is 1. The Balaban J connectivity index is 2.26. The molecule has 0 radical (unpaired) electrons. The van der Waals surface area contributed by atoms with Crippen molar-refractivity contribution in [3.8, 4) is 0 Å². The Bertz CT molecular complexity index is 622. The quantitative estimate of drug-likeness (QED) is 0.456. The highest BCUT2D eigenvalue weighted by atomic mass is 127. The van der Waals surface area contributed by atoms with Gasteiger partial charge < -0.3 is 0 Å². The summed E-state index contributed by atoms with van der Waals surface area (Å²) in [5.74, 6) is 4.35. The highest BCUT2D eigenvalue weighted by molar-refractivity contribution is 14.1. The zero-order valence-corrected chi connectivity index (χ0v) is 13.3. The summed E-state index contributed by atoms with van der Waals surface area (Å²) in [7, 11) is 0. The van der Waals surface area contributed by atoms with Crippen LogP contribution >= 0.6 is 34.2 Å². The average molecular weight is 409 g/mol. The van der Waals surface area contributed by atoms with Gasteiger partial charge in [0.05, 0.1) is 11.1 Å². The Labute approximate surface area is 134 Å². The van der Waals surface area contributed by atoms with Crippen LogP contribution in [-0.4, -0.2) is 0 Å². The van der Waals surface area contributed by atoms with Crippen LogP contribution in [0, 0.1) is 15.2 Å². The lowest BCUT2D eigenvalue weighted by Gasteiger charge is -2.17. The maximum absolute atomic E-state index is 13.7. The van der Waals surface area contributed by atoms with E-state index in [2.05, 4.69) is 28.0 Å². The third-order valence-electron chi connectivity index (χ3n) is 2.99. The molecule has 2 rings (SSSR count). The van der Waals surface area contributed by atoms with Crippen molar-refractivity contribution in [3.05, 3.63) is 67.8 Å². The molecule has 1 unspecified atom stereocenters. The van der Waals surface area contributed by atoms with Crippen molar-refractivity contribution in [2.75, 3.05) is 0 Å². The van der Waals surface area contributed by atoms with E-state index in [0.29, 0.717) is 17.0 Å². The minimum Gasteiger partial charge on any atom is -0.271 e. The van der Waals surface area contributed by atoms with Crippen LogP contribution in [0.15, 0.2) is 36.4 Å². The maximum Gasteiger partial charge on any atom is 0.129 e. The van der Waals surface area contributed by atoms with Crippen molar-refractivity contribution in [1.82, 2.24) is 5.43 Å². The molecule has 0 aliphatic heterocycles. The first-order chi connectivity index (χ1) is 9.51. The number of nitrogens with one attached hydrogen (secondary N) is 1. The second-order valence-electron chi connectivity index (χ2n) is 4.33. The highest BCUT2D eigenvalue weighted by Gasteiger charge is 2.14. The summed E-state index contributed by atoms with van der Waals surface area (Å²) >= 11 is 8.19. The molecule has 2 aromatic rings. The average Bonchev–Trinajstić information content (AvgIpc) is 2.41. The molecule has 0 spiro atoms. The first-order valence-electron chi connectivity index (χ1n) is 5.86. The Morgan fingerprint density at radius 3 is 2.55 bits per heavy atom. The molecular formula is C14H12ClF2IN2. The van der Waals surface area contributed by atoms with E-state index in [1.807, 2.05) is 12.1 Å². The molecule has 0 saturated heterocycles. The van der Waals surface area contributed by atoms with Gasteiger partial charge in [-0.05, 0) is 58.3 Å². The molecule has 2 nitrogen and oxygen atoms in total. The lowest BCUT2D eigenvalue weighted by Crippen LogP contribution is -2.29. The summed E-state index contributed by atoms with van der Waals surface area (Å²) in [5.41, 5.74) is 3.88. The Hall–Kier alpha value is -0.760. The van der Waals surface area contributed by atoms with Crippen molar-refractivity contribution in [1.29, 1.82) is 0 Å². The van der Waals surface area contributed by atoms with Gasteiger partial charge in [-0.25, -0.2) is 8.78 Å². The van der Waals surface area contributed by atoms with E-state index in [1.165, 1.54) is 12.1 Å². The number of hydrogen-bond acceptors (Lipinski definition) is 2. The predicted octanol–water partition coefficient (Wildman–Crippen LogP) is 3.97. The van der Waals surface area contributed by atoms with Crippen molar-refractivity contribution >= 4 is 34.2 Å². The predicted molar refractivity (Wildman–Crippen MR) is 84.3 cm³/mol. The van der Waals surface area contributed by atoms with Gasteiger partial charge in [0.2, 0.25) is 0 Å². The lowest BCUT2D eigenvalue weighted by molar-refractivity contribution is 0.522. The van der Waals surface area contributed by atoms with Gasteiger partial charge in [0.15, 0.2) is 0 Å². The zero-order chi connectivity index (χ0) is 14.7. The van der Waals surface area contributed by atoms with E-state index < -0.39 is 11.6 Å². The summed E-state index contributed by atoms with van der Waals surface area (Å²) in [6.45, 7) is 0. The molecule has 0 aromatic heterocycles. The van der Waals surface area contributed by atoms with Gasteiger partial charge in [-0.3, -0.25) is 11.3 Å². The Kier molecular flexibility index (Phi) is 5.31. The molecule has 0 aliphatic rings. The third-order valence-corrected chi connectivity index (χ3v) is 4.56. The van der Waals surface area contributed by atoms with Crippen LogP contribution in [0.1, 0.15) is 17.2 Å². The van der Waals surface area contributed by atoms with Crippen molar-refractivity contribution < 1.29 is 8.78 Å². The van der Waals surface area contributed by atoms with Gasteiger partial charge in [-0.2, -0.15) is 0 Å². The van der Waals surface area contributed by atoms with Gasteiger partial charge in [-0.15, -0.1) is 0 Å². The smallest absolute Gasteiger partial charge is 0.129 e. The molecule has 0 bridgehead atoms. The lowest BCUT2D eigenvalue weighted by atomic mass is 9.99. The van der Waals surface area contributed by atoms with Gasteiger partial charge in [0.25, 0.3) is 0 Å². The molecule has 0 saturated carbocycles. The van der Waals surface area contributed by atoms with Gasteiger partial charge in [-0.1, -0.05) is 23.7 Å². The molecule has 0 amide bonds. The maximum atomic E-state index is 13.7. The van der Waals surface area contributed by atoms with E-state index in [9.17, 15) is 8.78 Å². The van der Waals surface area contributed by atoms with Crippen LogP contribution < -0.4 is 11.3 Å². The van der Waals surface area contributed by atoms with Gasteiger partial charge in [0.1, 0.15) is 11.6 Å². The molecule has 3 N–H and O–H groups in total. The van der Waals surface area contributed by atoms with Gasteiger partial charge in [0, 0.05) is 9.64 Å². The number of hydrazine groups is 1. The van der Waals surface area contributed by atoms with E-state index >= 15 is 0 Å². The monoisotopic (exact) mass is 408 g/mol. The van der Waals surface area contributed by atoms with E-state index in [1.54, 1.807) is 6.07 Å². The molecule has 0 heterocycles. The Morgan fingerprint density at radius 1 is 1.20 bits per heavy atom. The normalized spacial score (nSPS) is 12.4. The zero-order valence-electron chi connectivity index (χ0n) is 10.3.